The van der Waals surface area contributed by atoms with E-state index in [2.05, 4.69) is 15.4 Å². The van der Waals surface area contributed by atoms with Gasteiger partial charge in [-0.3, -0.25) is 4.79 Å². The van der Waals surface area contributed by atoms with E-state index in [0.717, 1.165) is 12.1 Å². The number of carbonyl (C=O) groups is 1. The molecule has 1 saturated heterocycles. The van der Waals surface area contributed by atoms with E-state index in [1.54, 1.807) is 37.3 Å². The van der Waals surface area contributed by atoms with Gasteiger partial charge in [0, 0.05) is 33.7 Å². The average Bonchev–Trinajstić information content (AvgIpc) is 3.54. The molecule has 13 heteroatoms. The van der Waals surface area contributed by atoms with Crippen LogP contribution in [0.3, 0.4) is 0 Å². The lowest BCUT2D eigenvalue weighted by molar-refractivity contribution is -0.180. The smallest absolute Gasteiger partial charge is 0.255 e. The Kier molecular flexibility index (Phi) is 9.32. The second-order valence-electron chi connectivity index (χ2n) is 10.1. The number of hydrogen-bond acceptors (Lipinski definition) is 9. The fourth-order valence-electron chi connectivity index (χ4n) is 4.80. The molecular weight excluding hydrogens is 590 g/mol. The standard InChI is InChI=1S/C31H26F2N6O4S/c1-19(31(41,16-39-18-36-17-37-39)27-9-7-24(32)11-28(27)33)44-26-14-42-30(43-15-26)21-4-2-20(3-5-21)29(40)38-25-8-6-22(12-34)23(10-25)13-35/h2-11,17-19,26,30,41H,14-16H2,1H3,(H,38,40). The lowest BCUT2D eigenvalue weighted by atomic mass is 9.90. The van der Waals surface area contributed by atoms with Crippen molar-refractivity contribution in [2.75, 3.05) is 18.5 Å². The zero-order valence-electron chi connectivity index (χ0n) is 23.4. The van der Waals surface area contributed by atoms with Crippen molar-refractivity contribution in [3.8, 4) is 12.1 Å². The molecule has 2 heterocycles. The highest BCUT2D eigenvalue weighted by Gasteiger charge is 2.41. The van der Waals surface area contributed by atoms with Crippen LogP contribution >= 0.6 is 11.8 Å². The fourth-order valence-corrected chi connectivity index (χ4v) is 6.12. The molecule has 2 atom stereocenters. The molecule has 1 aliphatic heterocycles. The predicted octanol–water partition coefficient (Wildman–Crippen LogP) is 4.68. The summed E-state index contributed by atoms with van der Waals surface area (Å²) in [5, 5.41) is 36.0. The van der Waals surface area contributed by atoms with E-state index in [4.69, 9.17) is 14.7 Å². The van der Waals surface area contributed by atoms with E-state index in [1.165, 1.54) is 47.3 Å². The number of nitrogens with zero attached hydrogens (tertiary/aromatic N) is 5. The maximum absolute atomic E-state index is 14.8. The van der Waals surface area contributed by atoms with Crippen molar-refractivity contribution >= 4 is 23.4 Å². The first kappa shape index (κ1) is 30.8. The highest BCUT2D eigenvalue weighted by atomic mass is 32.2. The van der Waals surface area contributed by atoms with Crippen molar-refractivity contribution in [2.24, 2.45) is 0 Å². The Morgan fingerprint density at radius 3 is 2.48 bits per heavy atom. The Morgan fingerprint density at radius 1 is 1.11 bits per heavy atom. The van der Waals surface area contributed by atoms with Crippen LogP contribution in [0.4, 0.5) is 14.5 Å². The van der Waals surface area contributed by atoms with Gasteiger partial charge in [-0.05, 0) is 36.4 Å². The third-order valence-electron chi connectivity index (χ3n) is 7.17. The summed E-state index contributed by atoms with van der Waals surface area (Å²) in [6.07, 6.45) is 2.04. The van der Waals surface area contributed by atoms with Crippen LogP contribution in [0.5, 0.6) is 0 Å². The van der Waals surface area contributed by atoms with Gasteiger partial charge in [0.05, 0.1) is 36.1 Å². The van der Waals surface area contributed by atoms with Gasteiger partial charge in [-0.15, -0.1) is 11.8 Å². The normalized spacial score (nSPS) is 18.4. The SMILES string of the molecule is CC(SC1COC(c2ccc(C(=O)Nc3ccc(C#N)c(C#N)c3)cc2)OC1)C(O)(Cn1cncn1)c1ccc(F)cc1F. The molecule has 0 spiro atoms. The number of nitriles is 2. The summed E-state index contributed by atoms with van der Waals surface area (Å²) in [6.45, 7) is 2.19. The molecule has 1 fully saturated rings. The number of benzene rings is 3. The minimum atomic E-state index is -1.75. The molecule has 44 heavy (non-hydrogen) atoms. The maximum Gasteiger partial charge on any atom is 0.255 e. The van der Waals surface area contributed by atoms with Crippen molar-refractivity contribution in [1.82, 2.24) is 14.8 Å². The first-order valence-corrected chi connectivity index (χ1v) is 14.4. The topological polar surface area (TPSA) is 146 Å². The summed E-state index contributed by atoms with van der Waals surface area (Å²) >= 11 is 1.35. The van der Waals surface area contributed by atoms with Crippen LogP contribution < -0.4 is 5.32 Å². The summed E-state index contributed by atoms with van der Waals surface area (Å²) in [5.41, 5.74) is 0.0356. The molecule has 0 saturated carbocycles. The van der Waals surface area contributed by atoms with Crippen LogP contribution in [0.2, 0.25) is 0 Å². The number of carbonyl (C=O) groups excluding carboxylic acids is 1. The number of anilines is 1. The molecule has 224 valence electrons. The monoisotopic (exact) mass is 616 g/mol. The highest BCUT2D eigenvalue weighted by molar-refractivity contribution is 8.00. The van der Waals surface area contributed by atoms with E-state index in [0.29, 0.717) is 16.8 Å². The zero-order valence-corrected chi connectivity index (χ0v) is 24.2. The molecular formula is C31H26F2N6O4S. The van der Waals surface area contributed by atoms with Crippen LogP contribution in [0.1, 0.15) is 45.8 Å². The van der Waals surface area contributed by atoms with Crippen LogP contribution in [0, 0.1) is 34.3 Å². The Balaban J connectivity index is 1.20. The molecule has 4 aromatic rings. The summed E-state index contributed by atoms with van der Waals surface area (Å²) in [4.78, 5) is 16.6. The van der Waals surface area contributed by atoms with Gasteiger partial charge in [-0.25, -0.2) is 18.4 Å². The van der Waals surface area contributed by atoms with Crippen LogP contribution in [0.25, 0.3) is 0 Å². The zero-order chi connectivity index (χ0) is 31.3. The van der Waals surface area contributed by atoms with Gasteiger partial charge in [0.25, 0.3) is 5.91 Å². The van der Waals surface area contributed by atoms with Crippen LogP contribution in [0.15, 0.2) is 73.3 Å². The lowest BCUT2D eigenvalue weighted by Gasteiger charge is -2.37. The average molecular weight is 617 g/mol. The Labute approximate surface area is 255 Å². The molecule has 0 bridgehead atoms. The number of rotatable bonds is 9. The van der Waals surface area contributed by atoms with E-state index in [9.17, 15) is 23.9 Å². The first-order chi connectivity index (χ1) is 21.2. The summed E-state index contributed by atoms with van der Waals surface area (Å²) in [5.74, 6) is -2.00. The van der Waals surface area contributed by atoms with Crippen molar-refractivity contribution < 1.29 is 28.2 Å². The number of ether oxygens (including phenoxy) is 2. The molecule has 1 aromatic heterocycles. The van der Waals surface area contributed by atoms with Crippen molar-refractivity contribution in [1.29, 1.82) is 10.5 Å². The Hall–Kier alpha value is -4.66. The Morgan fingerprint density at radius 2 is 1.84 bits per heavy atom. The van der Waals surface area contributed by atoms with E-state index in [-0.39, 0.29) is 41.7 Å². The second-order valence-corrected chi connectivity index (χ2v) is 11.7. The molecule has 3 aromatic carbocycles. The number of thioether (sulfide) groups is 1. The highest BCUT2D eigenvalue weighted by Crippen LogP contribution is 2.39. The number of aromatic nitrogens is 3. The van der Waals surface area contributed by atoms with Gasteiger partial charge >= 0.3 is 0 Å². The number of hydrogen-bond donors (Lipinski definition) is 2. The number of nitrogens with one attached hydrogen (secondary N) is 1. The molecule has 0 radical (unpaired) electrons. The van der Waals surface area contributed by atoms with Crippen LogP contribution in [-0.2, 0) is 21.6 Å². The van der Waals surface area contributed by atoms with Crippen molar-refractivity contribution in [2.45, 2.75) is 35.9 Å². The summed E-state index contributed by atoms with van der Waals surface area (Å²) in [6, 6.07) is 18.1. The van der Waals surface area contributed by atoms with E-state index < -0.39 is 34.7 Å². The third-order valence-corrected chi connectivity index (χ3v) is 8.62. The van der Waals surface area contributed by atoms with Gasteiger partial charge in [0.1, 0.15) is 42.0 Å². The van der Waals surface area contributed by atoms with E-state index >= 15 is 0 Å². The Bertz CT molecular complexity index is 1720. The predicted molar refractivity (Wildman–Crippen MR) is 156 cm³/mol. The summed E-state index contributed by atoms with van der Waals surface area (Å²) in [7, 11) is 0. The maximum atomic E-state index is 14.8. The van der Waals surface area contributed by atoms with Gasteiger partial charge in [-0.1, -0.05) is 25.1 Å². The lowest BCUT2D eigenvalue weighted by Crippen LogP contribution is -2.43. The molecule has 1 amide bonds. The fraction of sp³-hybridized carbons (Fsp3) is 0.258. The second kappa shape index (κ2) is 13.3. The van der Waals surface area contributed by atoms with Gasteiger partial charge in [0.15, 0.2) is 6.29 Å². The molecule has 10 nitrogen and oxygen atoms in total. The van der Waals surface area contributed by atoms with Gasteiger partial charge < -0.3 is 19.9 Å². The quantitative estimate of drug-likeness (QED) is 0.274. The molecule has 1 aliphatic rings. The third kappa shape index (κ3) is 6.77. The first-order valence-electron chi connectivity index (χ1n) is 13.4. The van der Waals surface area contributed by atoms with Gasteiger partial charge in [0.2, 0.25) is 0 Å². The number of aliphatic hydroxyl groups is 1. The number of amides is 1. The molecule has 5 rings (SSSR count). The largest absolute Gasteiger partial charge is 0.382 e. The minimum Gasteiger partial charge on any atom is -0.382 e. The van der Waals surface area contributed by atoms with Gasteiger partial charge in [-0.2, -0.15) is 15.6 Å². The number of halogens is 2. The molecule has 0 aliphatic carbocycles. The van der Waals surface area contributed by atoms with Crippen LogP contribution in [-0.4, -0.2) is 49.5 Å². The molecule has 2 unspecified atom stereocenters. The molecule has 2 N–H and O–H groups in total. The van der Waals surface area contributed by atoms with E-state index in [1.807, 2.05) is 12.1 Å². The van der Waals surface area contributed by atoms with Crippen molar-refractivity contribution in [3.05, 3.63) is 113 Å². The van der Waals surface area contributed by atoms with Crippen molar-refractivity contribution in [3.63, 3.8) is 0 Å². The minimum absolute atomic E-state index is 0.0567. The summed E-state index contributed by atoms with van der Waals surface area (Å²) < 4.78 is 41.8.